The molecule has 0 saturated heterocycles. The second-order valence-corrected chi connectivity index (χ2v) is 7.48. The summed E-state index contributed by atoms with van der Waals surface area (Å²) in [6.45, 7) is 3.96. The van der Waals surface area contributed by atoms with Gasteiger partial charge in [0.15, 0.2) is 11.4 Å². The van der Waals surface area contributed by atoms with Crippen molar-refractivity contribution in [2.24, 2.45) is 0 Å². The third kappa shape index (κ3) is 4.89. The molecule has 0 unspecified atom stereocenters. The highest BCUT2D eigenvalue weighted by molar-refractivity contribution is 5.91. The normalized spacial score (nSPS) is 10.4. The van der Waals surface area contributed by atoms with Gasteiger partial charge in [0.1, 0.15) is 29.3 Å². The highest BCUT2D eigenvalue weighted by Gasteiger charge is 2.15. The van der Waals surface area contributed by atoms with Gasteiger partial charge >= 0.3 is 0 Å². The van der Waals surface area contributed by atoms with Gasteiger partial charge in [0.05, 0.1) is 26.2 Å². The zero-order valence-electron chi connectivity index (χ0n) is 18.9. The van der Waals surface area contributed by atoms with E-state index in [-0.39, 0.29) is 5.78 Å². The topological polar surface area (TPSA) is 105 Å². The fraction of sp³-hybridized carbons (Fsp3) is 0.154. The molecule has 170 valence electrons. The largest absolute Gasteiger partial charge is 0.497 e. The Bertz CT molecular complexity index is 1420. The molecule has 0 amide bonds. The summed E-state index contributed by atoms with van der Waals surface area (Å²) in [6, 6.07) is 13.1. The zero-order valence-corrected chi connectivity index (χ0v) is 18.9. The third-order valence-corrected chi connectivity index (χ3v) is 5.17. The molecule has 0 saturated carbocycles. The number of fused-ring (bicyclic) bond motifs is 1. The van der Waals surface area contributed by atoms with Crippen LogP contribution in [0.5, 0.6) is 11.5 Å². The summed E-state index contributed by atoms with van der Waals surface area (Å²) in [4.78, 5) is 20.2. The van der Waals surface area contributed by atoms with Gasteiger partial charge in [0, 0.05) is 18.1 Å². The van der Waals surface area contributed by atoms with Crippen LogP contribution in [0.3, 0.4) is 0 Å². The molecule has 34 heavy (non-hydrogen) atoms. The number of benzene rings is 2. The summed E-state index contributed by atoms with van der Waals surface area (Å²) in [7, 11) is 3.17. The molecule has 0 radical (unpaired) electrons. The van der Waals surface area contributed by atoms with Crippen molar-refractivity contribution >= 4 is 22.6 Å². The van der Waals surface area contributed by atoms with Crippen LogP contribution in [0.4, 0.5) is 5.82 Å². The Morgan fingerprint density at radius 2 is 1.82 bits per heavy atom. The number of carbonyl (C=O) groups is 1. The maximum Gasteiger partial charge on any atom is 0.164 e. The minimum absolute atomic E-state index is 0.0334. The molecule has 2 N–H and O–H groups in total. The number of ketones is 1. The van der Waals surface area contributed by atoms with E-state index < -0.39 is 0 Å². The van der Waals surface area contributed by atoms with Crippen molar-refractivity contribution in [3.05, 3.63) is 83.8 Å². The number of allylic oxidation sites excluding steroid dienone is 1. The van der Waals surface area contributed by atoms with Gasteiger partial charge in [-0.2, -0.15) is 5.10 Å². The molecule has 4 rings (SSSR count). The zero-order chi connectivity index (χ0) is 24.1. The van der Waals surface area contributed by atoms with Gasteiger partial charge in [-0.25, -0.2) is 14.6 Å². The Hall–Kier alpha value is -4.64. The predicted octanol–water partition coefficient (Wildman–Crippen LogP) is 3.17. The molecule has 0 bridgehead atoms. The summed E-state index contributed by atoms with van der Waals surface area (Å²) < 4.78 is 12.4. The van der Waals surface area contributed by atoms with E-state index in [1.54, 1.807) is 25.0 Å². The second kappa shape index (κ2) is 9.88. The van der Waals surface area contributed by atoms with Crippen LogP contribution < -0.4 is 15.2 Å². The number of rotatable bonds is 7. The number of ether oxygens (including phenoxy) is 2. The molecule has 2 heterocycles. The van der Waals surface area contributed by atoms with Crippen molar-refractivity contribution in [2.75, 3.05) is 20.0 Å². The molecule has 8 nitrogen and oxygen atoms in total. The first-order chi connectivity index (χ1) is 16.5. The molecule has 0 fully saturated rings. The summed E-state index contributed by atoms with van der Waals surface area (Å²) in [6.07, 6.45) is 3.03. The fourth-order valence-electron chi connectivity index (χ4n) is 3.52. The Morgan fingerprint density at radius 3 is 2.53 bits per heavy atom. The van der Waals surface area contributed by atoms with Gasteiger partial charge in [0.25, 0.3) is 0 Å². The van der Waals surface area contributed by atoms with Crippen molar-refractivity contribution in [2.45, 2.75) is 13.0 Å². The van der Waals surface area contributed by atoms with E-state index >= 15 is 0 Å². The van der Waals surface area contributed by atoms with Gasteiger partial charge in [-0.1, -0.05) is 36.8 Å². The standard InChI is InChI=1S/C26H23N5O3/c1-4-20(32)11-17-6-5-7-19(10-17)15-31-26-24(25(27)28-16-29-26)23(30-31)9-8-18-12-21(33-2)14-22(13-18)34-3/h4-7,10,12-14,16H,1,11,15H2,2-3H3,(H2,27,28,29). The first-order valence-corrected chi connectivity index (χ1v) is 10.5. The maximum atomic E-state index is 11.7. The Kier molecular flexibility index (Phi) is 6.55. The second-order valence-electron chi connectivity index (χ2n) is 7.48. The summed E-state index contributed by atoms with van der Waals surface area (Å²) in [5.74, 6) is 7.73. The van der Waals surface area contributed by atoms with Crippen LogP contribution in [0.2, 0.25) is 0 Å². The molecule has 2 aromatic heterocycles. The lowest BCUT2D eigenvalue weighted by atomic mass is 10.1. The van der Waals surface area contributed by atoms with Gasteiger partial charge in [-0.05, 0) is 35.3 Å². The van der Waals surface area contributed by atoms with Crippen LogP contribution in [0, 0.1) is 11.8 Å². The summed E-state index contributed by atoms with van der Waals surface area (Å²) in [5.41, 5.74) is 9.77. The van der Waals surface area contributed by atoms with Gasteiger partial charge in [-0.3, -0.25) is 4.79 Å². The van der Waals surface area contributed by atoms with Gasteiger partial charge < -0.3 is 15.2 Å². The highest BCUT2D eigenvalue weighted by Crippen LogP contribution is 2.24. The molecule has 4 aromatic rings. The molecule has 0 spiro atoms. The lowest BCUT2D eigenvalue weighted by Gasteiger charge is -2.05. The van der Waals surface area contributed by atoms with Crippen LogP contribution >= 0.6 is 0 Å². The van der Waals surface area contributed by atoms with Crippen molar-refractivity contribution in [1.29, 1.82) is 0 Å². The van der Waals surface area contributed by atoms with E-state index in [9.17, 15) is 4.79 Å². The van der Waals surface area contributed by atoms with E-state index in [4.69, 9.17) is 15.2 Å². The fourth-order valence-corrected chi connectivity index (χ4v) is 3.52. The number of aromatic nitrogens is 4. The third-order valence-electron chi connectivity index (χ3n) is 5.17. The van der Waals surface area contributed by atoms with Crippen LogP contribution in [0.1, 0.15) is 22.4 Å². The summed E-state index contributed by atoms with van der Waals surface area (Å²) in [5, 5.41) is 5.25. The number of methoxy groups -OCH3 is 2. The number of hydrogen-bond acceptors (Lipinski definition) is 7. The van der Waals surface area contributed by atoms with E-state index in [1.807, 2.05) is 36.4 Å². The van der Waals surface area contributed by atoms with Crippen molar-refractivity contribution in [1.82, 2.24) is 19.7 Å². The van der Waals surface area contributed by atoms with Crippen LogP contribution in [-0.4, -0.2) is 39.8 Å². The van der Waals surface area contributed by atoms with Crippen molar-refractivity contribution in [3.8, 4) is 23.3 Å². The first kappa shape index (κ1) is 22.6. The van der Waals surface area contributed by atoms with E-state index in [1.165, 1.54) is 12.4 Å². The van der Waals surface area contributed by atoms with Crippen molar-refractivity contribution in [3.63, 3.8) is 0 Å². The average Bonchev–Trinajstić information content (AvgIpc) is 3.21. The van der Waals surface area contributed by atoms with Crippen LogP contribution in [-0.2, 0) is 17.8 Å². The molecule has 0 aliphatic carbocycles. The minimum atomic E-state index is -0.0334. The quantitative estimate of drug-likeness (QED) is 0.338. The van der Waals surface area contributed by atoms with Crippen LogP contribution in [0.25, 0.3) is 11.0 Å². The predicted molar refractivity (Wildman–Crippen MR) is 130 cm³/mol. The lowest BCUT2D eigenvalue weighted by molar-refractivity contribution is -0.114. The van der Waals surface area contributed by atoms with Crippen molar-refractivity contribution < 1.29 is 14.3 Å². The van der Waals surface area contributed by atoms with E-state index in [0.29, 0.717) is 52.6 Å². The smallest absolute Gasteiger partial charge is 0.164 e. The lowest BCUT2D eigenvalue weighted by Crippen LogP contribution is -2.05. The molecule has 0 atom stereocenters. The highest BCUT2D eigenvalue weighted by atomic mass is 16.5. The van der Waals surface area contributed by atoms with E-state index in [0.717, 1.165) is 11.1 Å². The molecule has 2 aromatic carbocycles. The minimum Gasteiger partial charge on any atom is -0.497 e. The number of nitrogens with zero attached hydrogens (tertiary/aromatic N) is 4. The SMILES string of the molecule is C=CC(=O)Cc1cccc(Cn2nc(C#Cc3cc(OC)cc(OC)c3)c3c(N)ncnc32)c1. The summed E-state index contributed by atoms with van der Waals surface area (Å²) >= 11 is 0. The average molecular weight is 454 g/mol. The molecule has 0 aliphatic rings. The molecule has 0 aliphatic heterocycles. The number of hydrogen-bond donors (Lipinski definition) is 1. The molecular formula is C26H23N5O3. The maximum absolute atomic E-state index is 11.7. The van der Waals surface area contributed by atoms with Crippen LogP contribution in [0.15, 0.2) is 61.4 Å². The number of carbonyl (C=O) groups excluding carboxylic acids is 1. The first-order valence-electron chi connectivity index (χ1n) is 10.5. The molecular weight excluding hydrogens is 430 g/mol. The van der Waals surface area contributed by atoms with E-state index in [2.05, 4.69) is 33.5 Å². The number of nitrogen functional groups attached to an aromatic ring is 1. The van der Waals surface area contributed by atoms with Gasteiger partial charge in [0.2, 0.25) is 0 Å². The Labute approximate surface area is 197 Å². The number of nitrogens with two attached hydrogens (primary N) is 1. The molecule has 8 heteroatoms. The monoisotopic (exact) mass is 453 g/mol. The Balaban J connectivity index is 1.72. The number of anilines is 1. The van der Waals surface area contributed by atoms with Gasteiger partial charge in [-0.15, -0.1) is 0 Å². The Morgan fingerprint density at radius 1 is 1.09 bits per heavy atom.